The van der Waals surface area contributed by atoms with E-state index in [1.807, 2.05) is 13.8 Å². The summed E-state index contributed by atoms with van der Waals surface area (Å²) in [6.45, 7) is 4.00. The Morgan fingerprint density at radius 2 is 1.55 bits per heavy atom. The van der Waals surface area contributed by atoms with Gasteiger partial charge in [0.25, 0.3) is 0 Å². The second-order valence-electron chi connectivity index (χ2n) is 1.77. The van der Waals surface area contributed by atoms with Gasteiger partial charge in [0.2, 0.25) is 0 Å². The topological polar surface area (TPSA) is 0 Å². The van der Waals surface area contributed by atoms with Crippen molar-refractivity contribution in [3.63, 3.8) is 0 Å². The minimum atomic E-state index is -0.361. The number of halogens is 5. The van der Waals surface area contributed by atoms with E-state index >= 15 is 0 Å². The molecule has 11 heavy (non-hydrogen) atoms. The molecule has 0 aliphatic carbocycles. The molecular weight excluding hydrogens is 383 g/mol. The molecule has 0 amide bonds. The molecule has 0 spiro atoms. The standard InChI is InChI=1S/C3H5Br2Cl.C3H6BrCl/c1-2-3(4,5)6;1-2-3(4)5/h2H2,1H3;3H,2H2,1H3. The maximum Gasteiger partial charge on any atom is 0.153 e. The molecule has 0 saturated carbocycles. The van der Waals surface area contributed by atoms with Gasteiger partial charge in [0.15, 0.2) is 2.69 Å². The molecule has 0 saturated heterocycles. The molecule has 0 aromatic carbocycles. The van der Waals surface area contributed by atoms with Gasteiger partial charge in [0, 0.05) is 0 Å². The van der Waals surface area contributed by atoms with Crippen LogP contribution in [-0.2, 0) is 0 Å². The maximum atomic E-state index is 5.55. The second-order valence-corrected chi connectivity index (χ2v) is 9.26. The molecule has 0 aliphatic rings. The average molecular weight is 394 g/mol. The molecule has 0 radical (unpaired) electrons. The van der Waals surface area contributed by atoms with Crippen LogP contribution in [0.1, 0.15) is 26.7 Å². The minimum Gasteiger partial charge on any atom is -0.110 e. The van der Waals surface area contributed by atoms with Gasteiger partial charge in [-0.05, 0) is 12.8 Å². The Labute approximate surface area is 104 Å². The fourth-order valence-corrected chi connectivity index (χ4v) is 0. The molecular formula is C6H11Br3Cl2. The Bertz CT molecular complexity index is 80.4. The molecule has 0 nitrogen and oxygen atoms in total. The zero-order valence-electron chi connectivity index (χ0n) is 6.38. The fourth-order valence-electron chi connectivity index (χ4n) is 0. The van der Waals surface area contributed by atoms with Crippen molar-refractivity contribution in [3.05, 3.63) is 0 Å². The Kier molecular flexibility index (Phi) is 12.1. The number of hydrogen-bond donors (Lipinski definition) is 0. The lowest BCUT2D eigenvalue weighted by Crippen LogP contribution is -1.93. The first-order valence-corrected chi connectivity index (χ1v) is 6.50. The van der Waals surface area contributed by atoms with E-state index in [0.29, 0.717) is 0 Å². The first kappa shape index (κ1) is 15.5. The van der Waals surface area contributed by atoms with Gasteiger partial charge in [-0.15, -0.1) is 11.6 Å². The van der Waals surface area contributed by atoms with Crippen LogP contribution >= 0.6 is 71.0 Å². The summed E-state index contributed by atoms with van der Waals surface area (Å²) in [4.78, 5) is 0. The van der Waals surface area contributed by atoms with Gasteiger partial charge in [-0.3, -0.25) is 0 Å². The zero-order chi connectivity index (χ0) is 9.49. The Balaban J connectivity index is 0. The molecule has 0 rings (SSSR count). The summed E-state index contributed by atoms with van der Waals surface area (Å²) in [5.41, 5.74) is 0. The predicted octanol–water partition coefficient (Wildman–Crippen LogP) is 5.44. The van der Waals surface area contributed by atoms with Gasteiger partial charge < -0.3 is 0 Å². The summed E-state index contributed by atoms with van der Waals surface area (Å²) >= 11 is 20.4. The van der Waals surface area contributed by atoms with Crippen molar-refractivity contribution in [2.45, 2.75) is 33.7 Å². The van der Waals surface area contributed by atoms with Crippen molar-refractivity contribution in [3.8, 4) is 0 Å². The van der Waals surface area contributed by atoms with Gasteiger partial charge >= 0.3 is 0 Å². The quantitative estimate of drug-likeness (QED) is 0.548. The molecule has 0 aromatic heterocycles. The smallest absolute Gasteiger partial charge is 0.110 e. The molecule has 0 aromatic rings. The van der Waals surface area contributed by atoms with E-state index in [-0.39, 0.29) is 6.98 Å². The third-order valence-electron chi connectivity index (χ3n) is 0.709. The number of hydrogen-bond acceptors (Lipinski definition) is 0. The lowest BCUT2D eigenvalue weighted by Gasteiger charge is -2.03. The van der Waals surface area contributed by atoms with Crippen LogP contribution in [0.3, 0.4) is 0 Å². The van der Waals surface area contributed by atoms with Gasteiger partial charge in [0.05, 0.1) is 4.29 Å². The molecule has 70 valence electrons. The van der Waals surface area contributed by atoms with E-state index in [4.69, 9.17) is 23.2 Å². The van der Waals surface area contributed by atoms with Gasteiger partial charge in [-0.1, -0.05) is 73.2 Å². The first-order valence-electron chi connectivity index (χ1n) is 3.18. The van der Waals surface area contributed by atoms with E-state index in [9.17, 15) is 0 Å². The van der Waals surface area contributed by atoms with Crippen LogP contribution in [-0.4, -0.2) is 6.98 Å². The van der Waals surface area contributed by atoms with E-state index < -0.39 is 0 Å². The molecule has 0 heterocycles. The van der Waals surface area contributed by atoms with E-state index in [1.165, 1.54) is 0 Å². The van der Waals surface area contributed by atoms with Crippen LogP contribution in [0.25, 0.3) is 0 Å². The molecule has 0 aliphatic heterocycles. The first-order chi connectivity index (χ1) is 4.83. The summed E-state index contributed by atoms with van der Waals surface area (Å²) in [6, 6.07) is 0. The highest BCUT2D eigenvalue weighted by molar-refractivity contribution is 9.26. The van der Waals surface area contributed by atoms with E-state index in [0.717, 1.165) is 12.8 Å². The minimum absolute atomic E-state index is 0.169. The summed E-state index contributed by atoms with van der Waals surface area (Å²) in [7, 11) is 0. The highest BCUT2D eigenvalue weighted by Crippen LogP contribution is 2.33. The monoisotopic (exact) mass is 390 g/mol. The van der Waals surface area contributed by atoms with Crippen molar-refractivity contribution in [2.24, 2.45) is 0 Å². The van der Waals surface area contributed by atoms with Crippen LogP contribution in [0.5, 0.6) is 0 Å². The normalized spacial score (nSPS) is 13.4. The summed E-state index contributed by atoms with van der Waals surface area (Å²) in [6.07, 6.45) is 1.86. The summed E-state index contributed by atoms with van der Waals surface area (Å²) in [5, 5.41) is 0. The van der Waals surface area contributed by atoms with Gasteiger partial charge in [0.1, 0.15) is 0 Å². The third kappa shape index (κ3) is 24.5. The highest BCUT2D eigenvalue weighted by atomic mass is 79.9. The SMILES string of the molecule is CCC(Cl)(Br)Br.CCC(Cl)Br. The lowest BCUT2D eigenvalue weighted by atomic mass is 10.6. The van der Waals surface area contributed by atoms with Crippen LogP contribution in [0.2, 0.25) is 0 Å². The van der Waals surface area contributed by atoms with Crippen molar-refractivity contribution >= 4 is 71.0 Å². The number of rotatable bonds is 2. The van der Waals surface area contributed by atoms with Crippen molar-refractivity contribution in [1.29, 1.82) is 0 Å². The van der Waals surface area contributed by atoms with Crippen molar-refractivity contribution < 1.29 is 0 Å². The van der Waals surface area contributed by atoms with Crippen LogP contribution in [0, 0.1) is 0 Å². The molecule has 0 bridgehead atoms. The zero-order valence-corrected chi connectivity index (χ0v) is 12.7. The molecule has 1 atom stereocenters. The van der Waals surface area contributed by atoms with Crippen LogP contribution in [0.15, 0.2) is 0 Å². The average Bonchev–Trinajstić information content (AvgIpc) is 1.88. The second kappa shape index (κ2) is 8.61. The number of alkyl halides is 5. The highest BCUT2D eigenvalue weighted by Gasteiger charge is 2.12. The van der Waals surface area contributed by atoms with Gasteiger partial charge in [-0.2, -0.15) is 0 Å². The van der Waals surface area contributed by atoms with Crippen molar-refractivity contribution in [1.82, 2.24) is 0 Å². The molecule has 5 heteroatoms. The van der Waals surface area contributed by atoms with E-state index in [1.54, 1.807) is 0 Å². The third-order valence-corrected chi connectivity index (χ3v) is 3.05. The lowest BCUT2D eigenvalue weighted by molar-refractivity contribution is 1.03. The largest absolute Gasteiger partial charge is 0.153 e. The van der Waals surface area contributed by atoms with Crippen LogP contribution < -0.4 is 0 Å². The van der Waals surface area contributed by atoms with E-state index in [2.05, 4.69) is 47.8 Å². The molecule has 0 N–H and O–H groups in total. The Hall–Kier alpha value is 2.02. The Morgan fingerprint density at radius 1 is 1.36 bits per heavy atom. The summed E-state index contributed by atoms with van der Waals surface area (Å²) < 4.78 is -0.192. The predicted molar refractivity (Wildman–Crippen MR) is 65.6 cm³/mol. The van der Waals surface area contributed by atoms with Gasteiger partial charge in [-0.25, -0.2) is 0 Å². The van der Waals surface area contributed by atoms with Crippen molar-refractivity contribution in [2.75, 3.05) is 0 Å². The summed E-state index contributed by atoms with van der Waals surface area (Å²) in [5.74, 6) is 0. The fraction of sp³-hybridized carbons (Fsp3) is 1.00. The maximum absolute atomic E-state index is 5.55. The molecule has 1 unspecified atom stereocenters. The Morgan fingerprint density at radius 3 is 1.55 bits per heavy atom. The molecule has 0 fully saturated rings. The van der Waals surface area contributed by atoms with Crippen LogP contribution in [0.4, 0.5) is 0 Å².